The predicted octanol–water partition coefficient (Wildman–Crippen LogP) is 0.0423. The van der Waals surface area contributed by atoms with Crippen molar-refractivity contribution in [2.75, 3.05) is 5.73 Å². The van der Waals surface area contributed by atoms with Crippen molar-refractivity contribution in [3.8, 4) is 0 Å². The van der Waals surface area contributed by atoms with Crippen molar-refractivity contribution >= 4 is 39.7 Å². The Balaban J connectivity index is 3.20. The van der Waals surface area contributed by atoms with Gasteiger partial charge >= 0.3 is 0 Å². The Morgan fingerprint density at radius 3 is 2.62 bits per heavy atom. The molecule has 5 N–H and O–H groups in total. The normalized spacial score (nSPS) is 11.6. The summed E-state index contributed by atoms with van der Waals surface area (Å²) in [5.74, 6) is -0.922. The van der Waals surface area contributed by atoms with Gasteiger partial charge < -0.3 is 16.7 Å². The highest BCUT2D eigenvalue weighted by atomic mass is 35.5. The van der Waals surface area contributed by atoms with E-state index in [1.54, 1.807) is 0 Å². The van der Waals surface area contributed by atoms with Gasteiger partial charge in [0.25, 0.3) is 5.91 Å². The van der Waals surface area contributed by atoms with Gasteiger partial charge in [-0.15, -0.1) is 0 Å². The maximum atomic E-state index is 10.7. The predicted molar refractivity (Wildman–Crippen MR) is 49.1 cm³/mol. The summed E-state index contributed by atoms with van der Waals surface area (Å²) in [5, 5.41) is 11.3. The SMILES string of the molecule is NC(=O)/C(=N\O)c1nc(N)sc1Cl. The maximum Gasteiger partial charge on any atom is 0.273 e. The maximum absolute atomic E-state index is 10.7. The van der Waals surface area contributed by atoms with Gasteiger partial charge in [0.2, 0.25) is 0 Å². The topological polar surface area (TPSA) is 115 Å². The van der Waals surface area contributed by atoms with Crippen molar-refractivity contribution in [2.24, 2.45) is 10.9 Å². The van der Waals surface area contributed by atoms with Gasteiger partial charge in [-0.05, 0) is 0 Å². The second-order valence-electron chi connectivity index (χ2n) is 1.99. The molecule has 1 aromatic rings. The van der Waals surface area contributed by atoms with Crippen LogP contribution in [0.25, 0.3) is 0 Å². The highest BCUT2D eigenvalue weighted by molar-refractivity contribution is 7.19. The first kappa shape index (κ1) is 9.75. The first-order valence-corrected chi connectivity index (χ1v) is 4.19. The molecule has 13 heavy (non-hydrogen) atoms. The number of thiazole rings is 1. The molecule has 0 fully saturated rings. The number of primary amides is 1. The Kier molecular flexibility index (Phi) is 2.69. The van der Waals surface area contributed by atoms with Gasteiger partial charge in [0, 0.05) is 0 Å². The summed E-state index contributed by atoms with van der Waals surface area (Å²) in [4.78, 5) is 14.4. The molecule has 0 saturated carbocycles. The summed E-state index contributed by atoms with van der Waals surface area (Å²) in [6.45, 7) is 0. The second kappa shape index (κ2) is 3.58. The molecule has 1 aromatic heterocycles. The van der Waals surface area contributed by atoms with Crippen LogP contribution in [0.4, 0.5) is 5.13 Å². The minimum atomic E-state index is -0.922. The number of oxime groups is 1. The van der Waals surface area contributed by atoms with Crippen LogP contribution in [-0.4, -0.2) is 21.8 Å². The van der Waals surface area contributed by atoms with Crippen molar-refractivity contribution in [3.05, 3.63) is 10.0 Å². The van der Waals surface area contributed by atoms with E-state index in [4.69, 9.17) is 28.3 Å². The average molecular weight is 221 g/mol. The number of amides is 1. The van der Waals surface area contributed by atoms with Crippen molar-refractivity contribution < 1.29 is 10.0 Å². The molecule has 0 aliphatic rings. The molecular weight excluding hydrogens is 216 g/mol. The number of nitrogens with two attached hydrogens (primary N) is 2. The average Bonchev–Trinajstić information content (AvgIpc) is 2.31. The third kappa shape index (κ3) is 1.87. The Labute approximate surface area is 81.8 Å². The van der Waals surface area contributed by atoms with Crippen molar-refractivity contribution in [2.45, 2.75) is 0 Å². The fourth-order valence-electron chi connectivity index (χ4n) is 0.676. The van der Waals surface area contributed by atoms with E-state index in [2.05, 4.69) is 10.1 Å². The number of nitrogens with zero attached hydrogens (tertiary/aromatic N) is 2. The van der Waals surface area contributed by atoms with Crippen LogP contribution in [0.2, 0.25) is 4.34 Å². The molecule has 6 nitrogen and oxygen atoms in total. The van der Waals surface area contributed by atoms with Gasteiger partial charge in [0.15, 0.2) is 10.8 Å². The molecule has 70 valence electrons. The van der Waals surface area contributed by atoms with Gasteiger partial charge in [-0.3, -0.25) is 4.79 Å². The summed E-state index contributed by atoms with van der Waals surface area (Å²) in [6, 6.07) is 0. The van der Waals surface area contributed by atoms with Crippen LogP contribution in [0.15, 0.2) is 5.16 Å². The third-order valence-corrected chi connectivity index (χ3v) is 2.24. The van der Waals surface area contributed by atoms with Crippen molar-refractivity contribution in [3.63, 3.8) is 0 Å². The zero-order valence-corrected chi connectivity index (χ0v) is 7.76. The van der Waals surface area contributed by atoms with E-state index < -0.39 is 11.6 Å². The molecule has 0 aromatic carbocycles. The molecule has 1 heterocycles. The summed E-state index contributed by atoms with van der Waals surface area (Å²) in [5.41, 5.74) is 9.79. The van der Waals surface area contributed by atoms with Crippen LogP contribution in [0.1, 0.15) is 5.69 Å². The number of nitrogen functional groups attached to an aromatic ring is 1. The summed E-state index contributed by atoms with van der Waals surface area (Å²) in [6.07, 6.45) is 0. The number of hydrogen-bond acceptors (Lipinski definition) is 6. The lowest BCUT2D eigenvalue weighted by atomic mass is 10.3. The molecule has 0 aliphatic carbocycles. The van der Waals surface area contributed by atoms with Gasteiger partial charge in [0.1, 0.15) is 10.0 Å². The zero-order valence-electron chi connectivity index (χ0n) is 6.19. The smallest absolute Gasteiger partial charge is 0.273 e. The van der Waals surface area contributed by atoms with E-state index in [0.717, 1.165) is 11.3 Å². The number of carbonyl (C=O) groups excluding carboxylic acids is 1. The summed E-state index contributed by atoms with van der Waals surface area (Å²) >= 11 is 6.60. The lowest BCUT2D eigenvalue weighted by molar-refractivity contribution is -0.112. The molecule has 0 atom stereocenters. The van der Waals surface area contributed by atoms with E-state index in [9.17, 15) is 4.79 Å². The second-order valence-corrected chi connectivity index (χ2v) is 3.62. The van der Waals surface area contributed by atoms with Gasteiger partial charge in [-0.25, -0.2) is 4.98 Å². The fraction of sp³-hybridized carbons (Fsp3) is 0. The number of aromatic nitrogens is 1. The molecule has 0 unspecified atom stereocenters. The summed E-state index contributed by atoms with van der Waals surface area (Å²) < 4.78 is 0.157. The van der Waals surface area contributed by atoms with E-state index in [0.29, 0.717) is 0 Å². The van der Waals surface area contributed by atoms with E-state index in [-0.39, 0.29) is 15.2 Å². The molecule has 0 radical (unpaired) electrons. The fourth-order valence-corrected chi connectivity index (χ4v) is 1.60. The number of rotatable bonds is 2. The van der Waals surface area contributed by atoms with E-state index in [1.807, 2.05) is 0 Å². The standard InChI is InChI=1S/C5H5ClN4O2S/c6-3-1(9-5(8)13-3)2(10-12)4(7)11/h12H,(H2,7,11)(H2,8,9)/b10-2-. The lowest BCUT2D eigenvalue weighted by Gasteiger charge is -1.94. The first-order valence-electron chi connectivity index (χ1n) is 3.00. The highest BCUT2D eigenvalue weighted by Gasteiger charge is 2.19. The number of hydrogen-bond donors (Lipinski definition) is 3. The Morgan fingerprint density at radius 2 is 2.31 bits per heavy atom. The number of carbonyl (C=O) groups is 1. The van der Waals surface area contributed by atoms with Crippen LogP contribution in [0, 0.1) is 0 Å². The van der Waals surface area contributed by atoms with Crippen molar-refractivity contribution in [1.82, 2.24) is 4.98 Å². The van der Waals surface area contributed by atoms with Gasteiger partial charge in [-0.1, -0.05) is 28.1 Å². The largest absolute Gasteiger partial charge is 0.410 e. The van der Waals surface area contributed by atoms with Crippen LogP contribution in [0.5, 0.6) is 0 Å². The molecule has 1 rings (SSSR count). The molecule has 0 spiro atoms. The number of halogens is 1. The number of anilines is 1. The molecule has 0 aliphatic heterocycles. The Bertz CT molecular complexity index is 375. The molecular formula is C5H5ClN4O2S. The lowest BCUT2D eigenvalue weighted by Crippen LogP contribution is -2.24. The molecule has 0 bridgehead atoms. The Morgan fingerprint density at radius 1 is 1.69 bits per heavy atom. The first-order chi connectivity index (χ1) is 6.06. The minimum Gasteiger partial charge on any atom is -0.410 e. The molecule has 0 saturated heterocycles. The molecule has 8 heteroatoms. The van der Waals surface area contributed by atoms with Crippen LogP contribution in [-0.2, 0) is 4.79 Å². The van der Waals surface area contributed by atoms with Crippen LogP contribution < -0.4 is 11.5 Å². The third-order valence-electron chi connectivity index (χ3n) is 1.16. The van der Waals surface area contributed by atoms with Crippen LogP contribution in [0.3, 0.4) is 0 Å². The summed E-state index contributed by atoms with van der Waals surface area (Å²) in [7, 11) is 0. The van der Waals surface area contributed by atoms with Gasteiger partial charge in [0.05, 0.1) is 0 Å². The van der Waals surface area contributed by atoms with Crippen molar-refractivity contribution in [1.29, 1.82) is 0 Å². The quantitative estimate of drug-likeness (QED) is 0.371. The van der Waals surface area contributed by atoms with Gasteiger partial charge in [-0.2, -0.15) is 0 Å². The van der Waals surface area contributed by atoms with E-state index in [1.165, 1.54) is 0 Å². The van der Waals surface area contributed by atoms with Crippen LogP contribution >= 0.6 is 22.9 Å². The van der Waals surface area contributed by atoms with E-state index >= 15 is 0 Å². The monoisotopic (exact) mass is 220 g/mol. The molecule has 1 amide bonds. The zero-order chi connectivity index (χ0) is 10.0. The highest BCUT2D eigenvalue weighted by Crippen LogP contribution is 2.26. The Hall–Kier alpha value is -1.34. The minimum absolute atomic E-state index is 0.000772.